The third-order valence-electron chi connectivity index (χ3n) is 4.87. The van der Waals surface area contributed by atoms with Gasteiger partial charge in [-0.2, -0.15) is 5.10 Å². The first-order valence-corrected chi connectivity index (χ1v) is 12.1. The topological polar surface area (TPSA) is 90.6 Å². The Bertz CT molecular complexity index is 1170. The largest absolute Gasteiger partial charge is 0.322 e. The number of anilines is 2. The minimum atomic E-state index is -2.94. The molecule has 0 saturated carbocycles. The highest BCUT2D eigenvalue weighted by molar-refractivity contribution is 8.25. The maximum absolute atomic E-state index is 13.0. The number of aromatic nitrogens is 2. The summed E-state index contributed by atoms with van der Waals surface area (Å²) < 4.78 is 23.7. The van der Waals surface area contributed by atoms with Gasteiger partial charge in [-0.1, -0.05) is 34.8 Å². The highest BCUT2D eigenvalue weighted by atomic mass is 35.5. The fraction of sp³-hybridized carbons (Fsp3) is 0.200. The fourth-order valence-corrected chi connectivity index (χ4v) is 5.68. The number of nitrogens with one attached hydrogen (secondary N) is 1. The van der Waals surface area contributed by atoms with Crippen LogP contribution in [0.3, 0.4) is 0 Å². The average Bonchev–Trinajstić information content (AvgIpc) is 3.28. The number of benzene rings is 2. The molecule has 1 saturated heterocycles. The van der Waals surface area contributed by atoms with Crippen LogP contribution in [0.15, 0.2) is 42.7 Å². The van der Waals surface area contributed by atoms with Gasteiger partial charge in [0.15, 0.2) is 0 Å². The summed E-state index contributed by atoms with van der Waals surface area (Å²) in [7, 11) is -1.13. The normalized spacial score (nSPS) is 16.4. The average molecular weight is 502 g/mol. The van der Waals surface area contributed by atoms with E-state index in [1.54, 1.807) is 29.1 Å². The molecule has 1 aromatic heterocycles. The van der Waals surface area contributed by atoms with Crippen LogP contribution in [0.5, 0.6) is 0 Å². The van der Waals surface area contributed by atoms with Crippen LogP contribution in [0.4, 0.5) is 11.4 Å². The summed E-state index contributed by atoms with van der Waals surface area (Å²) in [5, 5.41) is 7.61. The van der Waals surface area contributed by atoms with E-state index in [1.807, 2.05) is 13.2 Å². The number of aryl methyl sites for hydroxylation is 1. The van der Waals surface area contributed by atoms with Gasteiger partial charge in [0.05, 0.1) is 33.2 Å². The minimum Gasteiger partial charge on any atom is -0.322 e. The minimum absolute atomic E-state index is 0.0769. The standard InChI is InChI=1S/C20H19Cl3N4O3S/c1-26-11-13(10-24-26)12-5-14(21)7-15(6-12)25-20(28)17-8-16(9-18(22)19(17)23)27-3-2-4-31(27,29)30/h5-11,29-30H,2-4H2,1H3,(H,25,28). The lowest BCUT2D eigenvalue weighted by atomic mass is 10.1. The number of halogens is 3. The van der Waals surface area contributed by atoms with E-state index in [0.29, 0.717) is 29.4 Å². The molecule has 11 heteroatoms. The molecular formula is C20H19Cl3N4O3S. The van der Waals surface area contributed by atoms with Crippen LogP contribution in [0.25, 0.3) is 11.1 Å². The van der Waals surface area contributed by atoms with Crippen molar-refractivity contribution in [1.29, 1.82) is 0 Å². The monoisotopic (exact) mass is 500 g/mol. The van der Waals surface area contributed by atoms with Gasteiger partial charge in [-0.3, -0.25) is 22.9 Å². The highest BCUT2D eigenvalue weighted by Gasteiger charge is 2.30. The lowest BCUT2D eigenvalue weighted by Gasteiger charge is -2.38. The molecule has 2 aromatic carbocycles. The molecule has 0 aliphatic carbocycles. The maximum Gasteiger partial charge on any atom is 0.257 e. The second kappa shape index (κ2) is 8.54. The van der Waals surface area contributed by atoms with Crippen molar-refractivity contribution in [2.45, 2.75) is 6.42 Å². The van der Waals surface area contributed by atoms with E-state index in [-0.39, 0.29) is 21.4 Å². The Balaban J connectivity index is 1.65. The Kier molecular flexibility index (Phi) is 6.13. The summed E-state index contributed by atoms with van der Waals surface area (Å²) >= 11 is 18.8. The van der Waals surface area contributed by atoms with Crippen LogP contribution in [-0.2, 0) is 7.05 Å². The van der Waals surface area contributed by atoms with Gasteiger partial charge in [-0.25, -0.2) is 0 Å². The number of hydrogen-bond donors (Lipinski definition) is 3. The molecule has 0 spiro atoms. The molecule has 0 unspecified atom stereocenters. The van der Waals surface area contributed by atoms with Gasteiger partial charge in [0.1, 0.15) is 0 Å². The molecule has 3 N–H and O–H groups in total. The van der Waals surface area contributed by atoms with Gasteiger partial charge in [0.2, 0.25) is 0 Å². The van der Waals surface area contributed by atoms with Crippen molar-refractivity contribution in [2.75, 3.05) is 21.9 Å². The van der Waals surface area contributed by atoms with Crippen LogP contribution in [0.2, 0.25) is 15.1 Å². The Morgan fingerprint density at radius 2 is 1.90 bits per heavy atom. The van der Waals surface area contributed by atoms with E-state index in [4.69, 9.17) is 34.8 Å². The Morgan fingerprint density at radius 1 is 1.13 bits per heavy atom. The van der Waals surface area contributed by atoms with Crippen LogP contribution in [0.1, 0.15) is 16.8 Å². The molecule has 3 aromatic rings. The molecule has 31 heavy (non-hydrogen) atoms. The van der Waals surface area contributed by atoms with Crippen molar-refractivity contribution in [3.05, 3.63) is 63.4 Å². The molecule has 1 fully saturated rings. The molecule has 7 nitrogen and oxygen atoms in total. The molecule has 2 heterocycles. The number of carbonyl (C=O) groups is 1. The Hall–Kier alpha value is -1.94. The first kappa shape index (κ1) is 22.3. The molecule has 0 radical (unpaired) electrons. The first-order chi connectivity index (χ1) is 14.6. The molecular weight excluding hydrogens is 483 g/mol. The second-order valence-corrected chi connectivity index (χ2v) is 10.5. The van der Waals surface area contributed by atoms with Crippen LogP contribution in [-0.4, -0.2) is 37.1 Å². The third kappa shape index (κ3) is 4.64. The van der Waals surface area contributed by atoms with Crippen molar-refractivity contribution >= 4 is 62.9 Å². The highest BCUT2D eigenvalue weighted by Crippen LogP contribution is 2.52. The summed E-state index contributed by atoms with van der Waals surface area (Å²) in [4.78, 5) is 13.0. The molecule has 0 atom stereocenters. The molecule has 0 bridgehead atoms. The lowest BCUT2D eigenvalue weighted by molar-refractivity contribution is 0.102. The molecule has 1 amide bonds. The van der Waals surface area contributed by atoms with Gasteiger partial charge < -0.3 is 5.32 Å². The summed E-state index contributed by atoms with van der Waals surface area (Å²) in [5.41, 5.74) is 2.66. The quantitative estimate of drug-likeness (QED) is 0.397. The SMILES string of the molecule is Cn1cc(-c2cc(Cl)cc(NC(=O)c3cc(N4CCCS4(O)O)cc(Cl)c3Cl)c2)cn1. The fourth-order valence-electron chi connectivity index (χ4n) is 3.44. The summed E-state index contributed by atoms with van der Waals surface area (Å²) in [6.45, 7) is 0.449. The van der Waals surface area contributed by atoms with E-state index < -0.39 is 16.7 Å². The summed E-state index contributed by atoms with van der Waals surface area (Å²) in [6, 6.07) is 8.21. The predicted octanol–water partition coefficient (Wildman–Crippen LogP) is 6.18. The smallest absolute Gasteiger partial charge is 0.257 e. The number of amides is 1. The zero-order chi connectivity index (χ0) is 22.3. The Labute approximate surface area is 196 Å². The first-order valence-electron chi connectivity index (χ1n) is 9.28. The van der Waals surface area contributed by atoms with Gasteiger partial charge >= 0.3 is 0 Å². The number of hydrogen-bond acceptors (Lipinski definition) is 5. The Morgan fingerprint density at radius 3 is 2.55 bits per heavy atom. The zero-order valence-corrected chi connectivity index (χ0v) is 19.4. The van der Waals surface area contributed by atoms with Crippen LogP contribution < -0.4 is 9.62 Å². The van der Waals surface area contributed by atoms with E-state index in [0.717, 1.165) is 11.1 Å². The van der Waals surface area contributed by atoms with Gasteiger partial charge in [-0.15, -0.1) is 10.8 Å². The van der Waals surface area contributed by atoms with E-state index in [1.165, 1.54) is 16.4 Å². The van der Waals surface area contributed by atoms with Crippen LogP contribution in [0, 0.1) is 0 Å². The van der Waals surface area contributed by atoms with E-state index in [2.05, 4.69) is 10.4 Å². The van der Waals surface area contributed by atoms with Gasteiger partial charge in [0.25, 0.3) is 5.91 Å². The second-order valence-electron chi connectivity index (χ2n) is 7.17. The molecule has 4 rings (SSSR count). The van der Waals surface area contributed by atoms with E-state index >= 15 is 0 Å². The maximum atomic E-state index is 13.0. The van der Waals surface area contributed by atoms with Gasteiger partial charge in [0, 0.05) is 36.1 Å². The van der Waals surface area contributed by atoms with Crippen molar-refractivity contribution in [3.8, 4) is 11.1 Å². The van der Waals surface area contributed by atoms with E-state index in [9.17, 15) is 13.9 Å². The number of rotatable bonds is 4. The van der Waals surface area contributed by atoms with Crippen molar-refractivity contribution in [2.24, 2.45) is 7.05 Å². The zero-order valence-electron chi connectivity index (χ0n) is 16.3. The summed E-state index contributed by atoms with van der Waals surface area (Å²) in [6.07, 6.45) is 4.17. The number of nitrogens with zero attached hydrogens (tertiary/aromatic N) is 3. The van der Waals surface area contributed by atoms with Crippen molar-refractivity contribution in [3.63, 3.8) is 0 Å². The van der Waals surface area contributed by atoms with Crippen LogP contribution >= 0.6 is 45.6 Å². The summed E-state index contributed by atoms with van der Waals surface area (Å²) in [5.74, 6) is -0.224. The number of carbonyl (C=O) groups excluding carboxylic acids is 1. The predicted molar refractivity (Wildman–Crippen MR) is 128 cm³/mol. The lowest BCUT2D eigenvalue weighted by Crippen LogP contribution is -2.22. The molecule has 1 aliphatic heterocycles. The van der Waals surface area contributed by atoms with Gasteiger partial charge in [-0.05, 0) is 42.3 Å². The molecule has 1 aliphatic rings. The van der Waals surface area contributed by atoms with Crippen molar-refractivity contribution < 1.29 is 13.9 Å². The molecule has 164 valence electrons. The van der Waals surface area contributed by atoms with Crippen molar-refractivity contribution in [1.82, 2.24) is 9.78 Å². The third-order valence-corrected chi connectivity index (χ3v) is 7.83.